The summed E-state index contributed by atoms with van der Waals surface area (Å²) in [5.41, 5.74) is 1.97. The van der Waals surface area contributed by atoms with Gasteiger partial charge in [-0.1, -0.05) is 11.8 Å². The smallest absolute Gasteiger partial charge is 0.277 e. The number of hydrogen-bond donors (Lipinski definition) is 0. The molecule has 1 amide bonds. The number of thioether (sulfide) groups is 1. The average molecular weight is 465 g/mol. The number of rotatable bonds is 9. The number of carbonyl (C=O) groups is 1. The normalized spacial score (nSPS) is 20.0. The van der Waals surface area contributed by atoms with Crippen LogP contribution in [0.5, 0.6) is 0 Å². The molecule has 1 aromatic heterocycles. The third-order valence-electron chi connectivity index (χ3n) is 5.80. The highest BCUT2D eigenvalue weighted by atomic mass is 32.2. The minimum Gasteiger partial charge on any atom is -0.411 e. The van der Waals surface area contributed by atoms with Crippen LogP contribution in [0.4, 0.5) is 5.69 Å². The second-order valence-corrected chi connectivity index (χ2v) is 11.1. The van der Waals surface area contributed by atoms with Gasteiger partial charge in [0, 0.05) is 36.4 Å². The largest absolute Gasteiger partial charge is 0.411 e. The summed E-state index contributed by atoms with van der Waals surface area (Å²) >= 11 is 1.20. The van der Waals surface area contributed by atoms with Gasteiger partial charge in [0.15, 0.2) is 9.84 Å². The minimum absolute atomic E-state index is 0.0575. The molecule has 10 heteroatoms. The van der Waals surface area contributed by atoms with E-state index >= 15 is 0 Å². The first-order valence-electron chi connectivity index (χ1n) is 10.7. The lowest BCUT2D eigenvalue weighted by molar-refractivity contribution is -0.130. The molecule has 2 fully saturated rings. The van der Waals surface area contributed by atoms with Crippen molar-refractivity contribution >= 4 is 33.2 Å². The highest BCUT2D eigenvalue weighted by Crippen LogP contribution is 2.33. The molecule has 4 rings (SSSR count). The van der Waals surface area contributed by atoms with Gasteiger partial charge in [-0.15, -0.1) is 10.2 Å². The molecule has 0 spiro atoms. The first-order chi connectivity index (χ1) is 14.9. The Morgan fingerprint density at radius 1 is 1.10 bits per heavy atom. The summed E-state index contributed by atoms with van der Waals surface area (Å²) in [7, 11) is -3.03. The van der Waals surface area contributed by atoms with Gasteiger partial charge in [-0.3, -0.25) is 4.79 Å². The van der Waals surface area contributed by atoms with Gasteiger partial charge in [0.05, 0.1) is 17.3 Å². The Labute approximate surface area is 187 Å². The van der Waals surface area contributed by atoms with E-state index in [-0.39, 0.29) is 35.2 Å². The fourth-order valence-corrected chi connectivity index (χ4v) is 6.38. The van der Waals surface area contributed by atoms with Crippen LogP contribution in [0, 0.1) is 0 Å². The highest BCUT2D eigenvalue weighted by molar-refractivity contribution is 7.99. The average Bonchev–Trinajstić information content (AvgIpc) is 3.35. The minimum atomic E-state index is -3.03. The summed E-state index contributed by atoms with van der Waals surface area (Å²) in [6, 6.07) is 7.95. The Balaban J connectivity index is 1.37. The lowest BCUT2D eigenvalue weighted by Crippen LogP contribution is -2.43. The van der Waals surface area contributed by atoms with Crippen molar-refractivity contribution in [2.45, 2.75) is 50.4 Å². The topological polar surface area (TPSA) is 96.6 Å². The van der Waals surface area contributed by atoms with Gasteiger partial charge in [0.2, 0.25) is 11.8 Å². The van der Waals surface area contributed by atoms with Crippen molar-refractivity contribution in [1.82, 2.24) is 15.1 Å². The number of aromatic nitrogens is 2. The van der Waals surface area contributed by atoms with Crippen LogP contribution in [-0.4, -0.2) is 71.9 Å². The number of nitrogens with zero attached hydrogens (tertiary/aromatic N) is 4. The van der Waals surface area contributed by atoms with Crippen molar-refractivity contribution in [3.8, 4) is 11.5 Å². The van der Waals surface area contributed by atoms with E-state index in [9.17, 15) is 13.2 Å². The van der Waals surface area contributed by atoms with Crippen LogP contribution in [0.3, 0.4) is 0 Å². The number of sulfone groups is 1. The van der Waals surface area contributed by atoms with Crippen LogP contribution in [0.2, 0.25) is 0 Å². The lowest BCUT2D eigenvalue weighted by Gasteiger charge is -2.28. The molecule has 2 heterocycles. The predicted molar refractivity (Wildman–Crippen MR) is 121 cm³/mol. The molecule has 1 saturated carbocycles. The number of amides is 1. The fourth-order valence-electron chi connectivity index (χ4n) is 4.04. The molecule has 0 bridgehead atoms. The van der Waals surface area contributed by atoms with E-state index in [0.717, 1.165) is 37.2 Å². The molecular formula is C21H28N4O4S2. The Morgan fingerprint density at radius 3 is 2.39 bits per heavy atom. The fraction of sp³-hybridized carbons (Fsp3) is 0.571. The van der Waals surface area contributed by atoms with E-state index in [0.29, 0.717) is 17.5 Å². The molecule has 1 atom stereocenters. The monoisotopic (exact) mass is 464 g/mol. The van der Waals surface area contributed by atoms with E-state index in [1.54, 1.807) is 4.90 Å². The molecular weight excluding hydrogens is 436 g/mol. The third kappa shape index (κ3) is 5.23. The molecule has 0 radical (unpaired) electrons. The van der Waals surface area contributed by atoms with Gasteiger partial charge in [-0.05, 0) is 57.4 Å². The summed E-state index contributed by atoms with van der Waals surface area (Å²) in [6.07, 6.45) is 2.42. The van der Waals surface area contributed by atoms with Crippen LogP contribution in [0.1, 0.15) is 33.1 Å². The van der Waals surface area contributed by atoms with Gasteiger partial charge in [0.25, 0.3) is 5.22 Å². The first kappa shape index (κ1) is 22.1. The summed E-state index contributed by atoms with van der Waals surface area (Å²) in [5.74, 6) is 0.769. The van der Waals surface area contributed by atoms with E-state index < -0.39 is 9.84 Å². The first-order valence-corrected chi connectivity index (χ1v) is 13.5. The highest BCUT2D eigenvalue weighted by Gasteiger charge is 2.42. The van der Waals surface area contributed by atoms with Crippen molar-refractivity contribution in [2.75, 3.05) is 35.2 Å². The van der Waals surface area contributed by atoms with Crippen LogP contribution >= 0.6 is 11.8 Å². The van der Waals surface area contributed by atoms with E-state index in [4.69, 9.17) is 4.42 Å². The van der Waals surface area contributed by atoms with Gasteiger partial charge < -0.3 is 14.2 Å². The van der Waals surface area contributed by atoms with E-state index in [2.05, 4.69) is 28.9 Å². The zero-order valence-electron chi connectivity index (χ0n) is 17.9. The molecule has 8 nitrogen and oxygen atoms in total. The van der Waals surface area contributed by atoms with Crippen molar-refractivity contribution in [3.63, 3.8) is 0 Å². The standard InChI is InChI=1S/C21H28N4O4S2/c1-3-24(4-2)16-7-5-15(6-8-16)20-22-23-21(29-20)30-13-19(26)25(17-9-10-17)18-11-12-31(27,28)14-18/h5-8,17-18H,3-4,9-14H2,1-2H3. The molecule has 168 valence electrons. The zero-order valence-corrected chi connectivity index (χ0v) is 19.5. The lowest BCUT2D eigenvalue weighted by atomic mass is 10.2. The molecule has 31 heavy (non-hydrogen) atoms. The van der Waals surface area contributed by atoms with Gasteiger partial charge in [0.1, 0.15) is 0 Å². The Kier molecular flexibility index (Phi) is 6.57. The summed E-state index contributed by atoms with van der Waals surface area (Å²) in [6.45, 7) is 6.12. The summed E-state index contributed by atoms with van der Waals surface area (Å²) in [5, 5.41) is 8.52. The molecule has 1 aromatic carbocycles. The zero-order chi connectivity index (χ0) is 22.0. The van der Waals surface area contributed by atoms with E-state index in [1.165, 1.54) is 11.8 Å². The molecule has 0 N–H and O–H groups in total. The van der Waals surface area contributed by atoms with Crippen LogP contribution in [-0.2, 0) is 14.6 Å². The van der Waals surface area contributed by atoms with Crippen molar-refractivity contribution in [3.05, 3.63) is 24.3 Å². The number of carbonyl (C=O) groups excluding carboxylic acids is 1. The maximum atomic E-state index is 12.8. The van der Waals surface area contributed by atoms with Crippen LogP contribution in [0.25, 0.3) is 11.5 Å². The molecule has 1 unspecified atom stereocenters. The molecule has 1 aliphatic heterocycles. The quantitative estimate of drug-likeness (QED) is 0.523. The summed E-state index contributed by atoms with van der Waals surface area (Å²) in [4.78, 5) is 16.9. The SMILES string of the molecule is CCN(CC)c1ccc(-c2nnc(SCC(=O)N(C3CC3)C3CCS(=O)(=O)C3)o2)cc1. The number of hydrogen-bond acceptors (Lipinski definition) is 8. The Hall–Kier alpha value is -2.07. The molecule has 2 aliphatic rings. The van der Waals surface area contributed by atoms with Gasteiger partial charge >= 0.3 is 0 Å². The Morgan fingerprint density at radius 2 is 1.81 bits per heavy atom. The molecule has 2 aromatic rings. The summed E-state index contributed by atoms with van der Waals surface area (Å²) < 4.78 is 29.4. The second-order valence-electron chi connectivity index (χ2n) is 7.97. The Bertz CT molecular complexity index is 1010. The second kappa shape index (κ2) is 9.20. The van der Waals surface area contributed by atoms with Gasteiger partial charge in [-0.25, -0.2) is 8.42 Å². The third-order valence-corrected chi connectivity index (χ3v) is 8.35. The van der Waals surface area contributed by atoms with Crippen molar-refractivity contribution in [1.29, 1.82) is 0 Å². The van der Waals surface area contributed by atoms with Crippen LogP contribution < -0.4 is 4.90 Å². The number of benzene rings is 1. The van der Waals surface area contributed by atoms with Crippen molar-refractivity contribution in [2.24, 2.45) is 0 Å². The van der Waals surface area contributed by atoms with Crippen molar-refractivity contribution < 1.29 is 17.6 Å². The maximum Gasteiger partial charge on any atom is 0.277 e. The molecule has 1 aliphatic carbocycles. The maximum absolute atomic E-state index is 12.8. The molecule has 1 saturated heterocycles. The van der Waals surface area contributed by atoms with Crippen LogP contribution in [0.15, 0.2) is 33.9 Å². The predicted octanol–water partition coefficient (Wildman–Crippen LogP) is 2.85. The van der Waals surface area contributed by atoms with E-state index in [1.807, 2.05) is 24.3 Å². The van der Waals surface area contributed by atoms with Gasteiger partial charge in [-0.2, -0.15) is 0 Å². The number of anilines is 1.